The van der Waals surface area contributed by atoms with Gasteiger partial charge in [-0.25, -0.2) is 0 Å². The number of rotatable bonds is 5. The zero-order chi connectivity index (χ0) is 13.9. The topological polar surface area (TPSA) is 45.5 Å². The second kappa shape index (κ2) is 6.03. The first-order valence-corrected chi connectivity index (χ1v) is 8.23. The maximum Gasteiger partial charge on any atom is 0.381 e. The number of para-hydroxylation sites is 1. The van der Waals surface area contributed by atoms with E-state index in [0.717, 1.165) is 5.69 Å². The van der Waals surface area contributed by atoms with Crippen molar-refractivity contribution >= 4 is 30.1 Å². The highest BCUT2D eigenvalue weighted by atomic mass is 35.5. The van der Waals surface area contributed by atoms with Crippen LogP contribution in [0.5, 0.6) is 5.88 Å². The molecule has 0 unspecified atom stereocenters. The van der Waals surface area contributed by atoms with E-state index in [1.54, 1.807) is 10.7 Å². The molecule has 0 saturated heterocycles. The van der Waals surface area contributed by atoms with Gasteiger partial charge in [0.1, 0.15) is 0 Å². The van der Waals surface area contributed by atoms with Gasteiger partial charge in [0, 0.05) is 32.1 Å². The number of hydrogen-bond donors (Lipinski definition) is 0. The van der Waals surface area contributed by atoms with Crippen molar-refractivity contribution in [3.8, 4) is 11.6 Å². The molecule has 0 spiro atoms. The van der Waals surface area contributed by atoms with Crippen LogP contribution in [0.1, 0.15) is 0 Å². The number of benzene rings is 1. The second-order valence-electron chi connectivity index (χ2n) is 3.46. The quantitative estimate of drug-likeness (QED) is 0.790. The van der Waals surface area contributed by atoms with Gasteiger partial charge >= 0.3 is 6.72 Å². The molecule has 0 atom stereocenters. The summed E-state index contributed by atoms with van der Waals surface area (Å²) in [5, 5.41) is 4.45. The number of hydrogen-bond acceptors (Lipinski definition) is 5. The molecule has 0 fully saturated rings. The van der Waals surface area contributed by atoms with Crippen molar-refractivity contribution in [3.05, 3.63) is 41.6 Å². The standard InChI is InChI=1S/C11H12ClN2O3PS/c1-15-18(19,16-2)17-11-8-10(12)13-14(11)9-6-4-3-5-7-9/h3-8H,1-2H3. The van der Waals surface area contributed by atoms with Crippen LogP contribution < -0.4 is 4.52 Å². The predicted molar refractivity (Wildman–Crippen MR) is 77.5 cm³/mol. The molecular formula is C11H12ClN2O3PS. The second-order valence-corrected chi connectivity index (χ2v) is 6.99. The molecule has 1 aromatic heterocycles. The molecule has 0 bridgehead atoms. The molecule has 0 aliphatic heterocycles. The first kappa shape index (κ1) is 14.5. The van der Waals surface area contributed by atoms with Crippen LogP contribution in [0.25, 0.3) is 5.69 Å². The van der Waals surface area contributed by atoms with E-state index >= 15 is 0 Å². The third-order valence-corrected chi connectivity index (χ3v) is 4.91. The zero-order valence-electron chi connectivity index (χ0n) is 10.3. The van der Waals surface area contributed by atoms with E-state index in [4.69, 9.17) is 37.0 Å². The average Bonchev–Trinajstić information content (AvgIpc) is 2.80. The van der Waals surface area contributed by atoms with E-state index in [1.165, 1.54) is 14.2 Å². The van der Waals surface area contributed by atoms with E-state index in [2.05, 4.69) is 5.10 Å². The van der Waals surface area contributed by atoms with Crippen molar-refractivity contribution in [2.75, 3.05) is 14.2 Å². The minimum Gasteiger partial charge on any atom is -0.405 e. The third kappa shape index (κ3) is 3.35. The van der Waals surface area contributed by atoms with Crippen molar-refractivity contribution in [2.45, 2.75) is 0 Å². The minimum atomic E-state index is -2.82. The van der Waals surface area contributed by atoms with Gasteiger partial charge in [-0.2, -0.15) is 9.78 Å². The Morgan fingerprint density at radius 3 is 2.42 bits per heavy atom. The van der Waals surface area contributed by atoms with Crippen LogP contribution in [0.15, 0.2) is 36.4 Å². The molecule has 0 aliphatic rings. The smallest absolute Gasteiger partial charge is 0.381 e. The maximum absolute atomic E-state index is 5.92. The molecular weight excluding hydrogens is 307 g/mol. The monoisotopic (exact) mass is 318 g/mol. The maximum atomic E-state index is 5.92. The van der Waals surface area contributed by atoms with Gasteiger partial charge in [-0.1, -0.05) is 29.8 Å². The molecule has 5 nitrogen and oxygen atoms in total. The molecule has 0 N–H and O–H groups in total. The van der Waals surface area contributed by atoms with Gasteiger partial charge in [0.25, 0.3) is 0 Å². The Hall–Kier alpha value is -0.910. The summed E-state index contributed by atoms with van der Waals surface area (Å²) in [5.74, 6) is 0.378. The Kier molecular flexibility index (Phi) is 4.60. The van der Waals surface area contributed by atoms with Crippen LogP contribution >= 0.6 is 18.3 Å². The molecule has 0 aliphatic carbocycles. The molecule has 2 aromatic rings. The van der Waals surface area contributed by atoms with Crippen molar-refractivity contribution < 1.29 is 13.6 Å². The van der Waals surface area contributed by atoms with Crippen LogP contribution in [0.4, 0.5) is 0 Å². The molecule has 0 amide bonds. The van der Waals surface area contributed by atoms with Gasteiger partial charge in [-0.15, -0.1) is 0 Å². The van der Waals surface area contributed by atoms with Crippen molar-refractivity contribution in [2.24, 2.45) is 0 Å². The Morgan fingerprint density at radius 1 is 1.21 bits per heavy atom. The van der Waals surface area contributed by atoms with Gasteiger partial charge in [0.15, 0.2) is 5.15 Å². The highest BCUT2D eigenvalue weighted by Gasteiger charge is 2.22. The molecule has 0 saturated carbocycles. The molecule has 8 heteroatoms. The number of nitrogens with zero attached hydrogens (tertiary/aromatic N) is 2. The average molecular weight is 319 g/mol. The summed E-state index contributed by atoms with van der Waals surface area (Å²) >= 11 is 11.1. The van der Waals surface area contributed by atoms with Crippen LogP contribution in [0.3, 0.4) is 0 Å². The SMILES string of the molecule is COP(=S)(OC)Oc1cc(Cl)nn1-c1ccccc1. The minimum absolute atomic E-state index is 0.299. The summed E-state index contributed by atoms with van der Waals surface area (Å²) in [4.78, 5) is 0. The van der Waals surface area contributed by atoms with E-state index < -0.39 is 6.72 Å². The van der Waals surface area contributed by atoms with E-state index in [1.807, 2.05) is 30.3 Å². The lowest BCUT2D eigenvalue weighted by atomic mass is 10.3. The first-order chi connectivity index (χ1) is 9.08. The highest BCUT2D eigenvalue weighted by Crippen LogP contribution is 2.48. The Bertz CT molecular complexity index is 597. The highest BCUT2D eigenvalue weighted by molar-refractivity contribution is 8.07. The Labute approximate surface area is 121 Å². The van der Waals surface area contributed by atoms with E-state index in [-0.39, 0.29) is 0 Å². The van der Waals surface area contributed by atoms with Crippen molar-refractivity contribution in [1.29, 1.82) is 0 Å². The fraction of sp³-hybridized carbons (Fsp3) is 0.182. The first-order valence-electron chi connectivity index (χ1n) is 5.30. The summed E-state index contributed by atoms with van der Waals surface area (Å²) in [6.45, 7) is -2.82. The van der Waals surface area contributed by atoms with Gasteiger partial charge in [0.05, 0.1) is 5.69 Å². The fourth-order valence-electron chi connectivity index (χ4n) is 1.42. The normalized spacial score (nSPS) is 11.5. The zero-order valence-corrected chi connectivity index (χ0v) is 12.8. The van der Waals surface area contributed by atoms with Gasteiger partial charge in [-0.3, -0.25) is 0 Å². The van der Waals surface area contributed by atoms with E-state index in [9.17, 15) is 0 Å². The van der Waals surface area contributed by atoms with Crippen LogP contribution in [-0.4, -0.2) is 24.0 Å². The molecule has 2 rings (SSSR count). The molecule has 0 radical (unpaired) electrons. The Morgan fingerprint density at radius 2 is 1.84 bits per heavy atom. The third-order valence-electron chi connectivity index (χ3n) is 2.30. The van der Waals surface area contributed by atoms with Gasteiger partial charge < -0.3 is 13.6 Å². The summed E-state index contributed by atoms with van der Waals surface area (Å²) < 4.78 is 17.3. The van der Waals surface area contributed by atoms with Crippen LogP contribution in [-0.2, 0) is 20.9 Å². The van der Waals surface area contributed by atoms with Gasteiger partial charge in [0.2, 0.25) is 5.88 Å². The fourth-order valence-corrected chi connectivity index (χ4v) is 2.47. The largest absolute Gasteiger partial charge is 0.405 e. The molecule has 19 heavy (non-hydrogen) atoms. The number of halogens is 1. The molecule has 1 aromatic carbocycles. The summed E-state index contributed by atoms with van der Waals surface area (Å²) in [7, 11) is 2.88. The lowest BCUT2D eigenvalue weighted by Gasteiger charge is -2.18. The van der Waals surface area contributed by atoms with Crippen molar-refractivity contribution in [3.63, 3.8) is 0 Å². The number of aromatic nitrogens is 2. The molecule has 1 heterocycles. The van der Waals surface area contributed by atoms with E-state index in [0.29, 0.717) is 11.0 Å². The summed E-state index contributed by atoms with van der Waals surface area (Å²) in [5.41, 5.74) is 0.804. The van der Waals surface area contributed by atoms with Gasteiger partial charge in [-0.05, 0) is 12.1 Å². The molecule has 102 valence electrons. The van der Waals surface area contributed by atoms with Crippen LogP contribution in [0, 0.1) is 0 Å². The van der Waals surface area contributed by atoms with Crippen LogP contribution in [0.2, 0.25) is 5.15 Å². The van der Waals surface area contributed by atoms with Crippen molar-refractivity contribution in [1.82, 2.24) is 9.78 Å². The lowest BCUT2D eigenvalue weighted by molar-refractivity contribution is 0.268. The predicted octanol–water partition coefficient (Wildman–Crippen LogP) is 3.42. The lowest BCUT2D eigenvalue weighted by Crippen LogP contribution is -2.03. The Balaban J connectivity index is 2.40. The summed E-state index contributed by atoms with van der Waals surface area (Å²) in [6.07, 6.45) is 0. The summed E-state index contributed by atoms with van der Waals surface area (Å²) in [6, 6.07) is 11.0.